The highest BCUT2D eigenvalue weighted by Crippen LogP contribution is 2.30. The Morgan fingerprint density at radius 1 is 1.15 bits per heavy atom. The molecule has 0 unspecified atom stereocenters. The van der Waals surface area contributed by atoms with Crippen LogP contribution in [0.1, 0.15) is 64.0 Å². The summed E-state index contributed by atoms with van der Waals surface area (Å²) < 4.78 is 0. The highest BCUT2D eigenvalue weighted by Gasteiger charge is 2.23. The molecule has 1 aliphatic heterocycles. The van der Waals surface area contributed by atoms with Crippen LogP contribution in [-0.4, -0.2) is 23.9 Å². The topological polar surface area (TPSA) is 20.3 Å². The predicted octanol–water partition coefficient (Wildman–Crippen LogP) is 4.10. The number of hydrogen-bond acceptors (Lipinski definition) is 1. The smallest absolute Gasteiger partial charge is 0.222 e. The molecule has 1 saturated heterocycles. The number of amides is 1. The van der Waals surface area contributed by atoms with Crippen LogP contribution in [0.25, 0.3) is 0 Å². The van der Waals surface area contributed by atoms with Crippen LogP contribution in [0.15, 0.2) is 24.3 Å². The van der Waals surface area contributed by atoms with Crippen LogP contribution in [0, 0.1) is 0 Å². The Morgan fingerprint density at radius 3 is 2.15 bits per heavy atom. The fraction of sp³-hybridized carbons (Fsp3) is 0.611. The van der Waals surface area contributed by atoms with Crippen LogP contribution >= 0.6 is 0 Å². The highest BCUT2D eigenvalue weighted by atomic mass is 16.2. The number of carbonyl (C=O) groups excluding carboxylic acids is 1. The van der Waals surface area contributed by atoms with E-state index in [1.807, 2.05) is 11.8 Å². The fourth-order valence-corrected chi connectivity index (χ4v) is 2.94. The number of carbonyl (C=O) groups is 1. The van der Waals surface area contributed by atoms with Gasteiger partial charge in [0.15, 0.2) is 0 Å². The first kappa shape index (κ1) is 15.1. The van der Waals surface area contributed by atoms with Crippen molar-refractivity contribution in [3.63, 3.8) is 0 Å². The maximum atomic E-state index is 11.7. The Labute approximate surface area is 123 Å². The molecule has 1 heterocycles. The van der Waals surface area contributed by atoms with Gasteiger partial charge in [0.1, 0.15) is 0 Å². The van der Waals surface area contributed by atoms with Crippen LogP contribution in [-0.2, 0) is 10.2 Å². The summed E-state index contributed by atoms with van der Waals surface area (Å²) in [5, 5.41) is 0. The molecule has 20 heavy (non-hydrogen) atoms. The van der Waals surface area contributed by atoms with Gasteiger partial charge in [-0.1, -0.05) is 52.0 Å². The van der Waals surface area contributed by atoms with E-state index in [1.165, 1.54) is 11.1 Å². The van der Waals surface area contributed by atoms with Gasteiger partial charge in [-0.2, -0.15) is 0 Å². The molecule has 1 aliphatic rings. The highest BCUT2D eigenvalue weighted by molar-refractivity contribution is 5.75. The third kappa shape index (κ3) is 3.41. The van der Waals surface area contributed by atoms with E-state index in [-0.39, 0.29) is 5.41 Å². The third-order valence-electron chi connectivity index (χ3n) is 4.40. The molecule has 0 bridgehead atoms. The standard InChI is InChI=1S/C18H27NO/c1-5-17(20)19-12-10-15(11-13-19)14-6-8-16(9-7-14)18(2,3)4/h6-9,15H,5,10-13H2,1-4H3. The molecule has 2 heteroatoms. The second kappa shape index (κ2) is 5.99. The van der Waals surface area contributed by atoms with E-state index in [4.69, 9.17) is 0 Å². The number of benzene rings is 1. The first-order valence-corrected chi connectivity index (χ1v) is 7.80. The number of rotatable bonds is 2. The fourth-order valence-electron chi connectivity index (χ4n) is 2.94. The summed E-state index contributed by atoms with van der Waals surface area (Å²) in [7, 11) is 0. The van der Waals surface area contributed by atoms with E-state index < -0.39 is 0 Å². The van der Waals surface area contributed by atoms with Crippen LogP contribution in [0.3, 0.4) is 0 Å². The second-order valence-corrected chi connectivity index (χ2v) is 6.88. The van der Waals surface area contributed by atoms with Gasteiger partial charge in [0.2, 0.25) is 5.91 Å². The quantitative estimate of drug-likeness (QED) is 0.794. The molecule has 1 aromatic rings. The molecule has 1 aromatic carbocycles. The van der Waals surface area contributed by atoms with Gasteiger partial charge in [0.05, 0.1) is 0 Å². The molecule has 2 rings (SSSR count). The minimum atomic E-state index is 0.218. The van der Waals surface area contributed by atoms with Gasteiger partial charge in [-0.3, -0.25) is 4.79 Å². The minimum absolute atomic E-state index is 0.218. The van der Waals surface area contributed by atoms with Gasteiger partial charge in [0.25, 0.3) is 0 Å². The minimum Gasteiger partial charge on any atom is -0.343 e. The van der Waals surface area contributed by atoms with Gasteiger partial charge in [0, 0.05) is 19.5 Å². The van der Waals surface area contributed by atoms with E-state index in [0.717, 1.165) is 25.9 Å². The van der Waals surface area contributed by atoms with E-state index in [0.29, 0.717) is 18.2 Å². The third-order valence-corrected chi connectivity index (χ3v) is 4.40. The lowest BCUT2D eigenvalue weighted by Crippen LogP contribution is -2.37. The van der Waals surface area contributed by atoms with Gasteiger partial charge >= 0.3 is 0 Å². The number of likely N-dealkylation sites (tertiary alicyclic amines) is 1. The Bertz CT molecular complexity index is 447. The maximum absolute atomic E-state index is 11.7. The van der Waals surface area contributed by atoms with Gasteiger partial charge < -0.3 is 4.90 Å². The molecule has 0 N–H and O–H groups in total. The van der Waals surface area contributed by atoms with Crippen molar-refractivity contribution in [2.45, 2.75) is 58.3 Å². The number of hydrogen-bond donors (Lipinski definition) is 0. The van der Waals surface area contributed by atoms with E-state index >= 15 is 0 Å². The van der Waals surface area contributed by atoms with Crippen molar-refractivity contribution in [2.75, 3.05) is 13.1 Å². The normalized spacial score (nSPS) is 17.3. The Hall–Kier alpha value is -1.31. The average Bonchev–Trinajstić information content (AvgIpc) is 2.46. The van der Waals surface area contributed by atoms with Crippen molar-refractivity contribution in [3.05, 3.63) is 35.4 Å². The molecular formula is C18H27NO. The molecule has 0 aromatic heterocycles. The van der Waals surface area contributed by atoms with Gasteiger partial charge in [-0.05, 0) is 35.3 Å². The monoisotopic (exact) mass is 273 g/mol. The zero-order valence-electron chi connectivity index (χ0n) is 13.3. The van der Waals surface area contributed by atoms with Crippen molar-refractivity contribution in [1.29, 1.82) is 0 Å². The summed E-state index contributed by atoms with van der Waals surface area (Å²) in [5.74, 6) is 0.913. The van der Waals surface area contributed by atoms with E-state index in [9.17, 15) is 4.79 Å². The van der Waals surface area contributed by atoms with E-state index in [2.05, 4.69) is 45.0 Å². The molecule has 0 radical (unpaired) electrons. The summed E-state index contributed by atoms with van der Waals surface area (Å²) in [4.78, 5) is 13.7. The zero-order chi connectivity index (χ0) is 14.8. The zero-order valence-corrected chi connectivity index (χ0v) is 13.3. The van der Waals surface area contributed by atoms with Crippen LogP contribution in [0.4, 0.5) is 0 Å². The Balaban J connectivity index is 1.99. The molecule has 0 spiro atoms. The molecular weight excluding hydrogens is 246 g/mol. The van der Waals surface area contributed by atoms with Crippen LogP contribution in [0.5, 0.6) is 0 Å². The predicted molar refractivity (Wildman–Crippen MR) is 84.0 cm³/mol. The van der Waals surface area contributed by atoms with Gasteiger partial charge in [-0.25, -0.2) is 0 Å². The summed E-state index contributed by atoms with van der Waals surface area (Å²) in [5.41, 5.74) is 3.04. The molecule has 0 atom stereocenters. The lowest BCUT2D eigenvalue weighted by Gasteiger charge is -2.32. The maximum Gasteiger partial charge on any atom is 0.222 e. The molecule has 0 saturated carbocycles. The first-order valence-electron chi connectivity index (χ1n) is 7.80. The Morgan fingerprint density at radius 2 is 1.70 bits per heavy atom. The molecule has 110 valence electrons. The second-order valence-electron chi connectivity index (χ2n) is 6.88. The molecule has 2 nitrogen and oxygen atoms in total. The largest absolute Gasteiger partial charge is 0.343 e. The Kier molecular flexibility index (Phi) is 4.52. The summed E-state index contributed by atoms with van der Waals surface area (Å²) in [6, 6.07) is 9.09. The van der Waals surface area contributed by atoms with Crippen LogP contribution in [0.2, 0.25) is 0 Å². The van der Waals surface area contributed by atoms with Crippen molar-refractivity contribution in [2.24, 2.45) is 0 Å². The molecule has 0 aliphatic carbocycles. The van der Waals surface area contributed by atoms with Crippen LogP contribution < -0.4 is 0 Å². The molecule has 1 amide bonds. The number of piperidine rings is 1. The van der Waals surface area contributed by atoms with E-state index in [1.54, 1.807) is 0 Å². The SMILES string of the molecule is CCC(=O)N1CCC(c2ccc(C(C)(C)C)cc2)CC1. The van der Waals surface area contributed by atoms with Crippen molar-refractivity contribution >= 4 is 5.91 Å². The summed E-state index contributed by atoms with van der Waals surface area (Å²) >= 11 is 0. The number of nitrogens with zero attached hydrogens (tertiary/aromatic N) is 1. The van der Waals surface area contributed by atoms with Gasteiger partial charge in [-0.15, -0.1) is 0 Å². The average molecular weight is 273 g/mol. The summed E-state index contributed by atoms with van der Waals surface area (Å²) in [6.45, 7) is 10.5. The van der Waals surface area contributed by atoms with Crippen molar-refractivity contribution in [3.8, 4) is 0 Å². The lowest BCUT2D eigenvalue weighted by atomic mass is 9.84. The lowest BCUT2D eigenvalue weighted by molar-refractivity contribution is -0.131. The molecule has 1 fully saturated rings. The van der Waals surface area contributed by atoms with Crippen molar-refractivity contribution in [1.82, 2.24) is 4.90 Å². The van der Waals surface area contributed by atoms with Crippen molar-refractivity contribution < 1.29 is 4.79 Å². The first-order chi connectivity index (χ1) is 9.41. The summed E-state index contributed by atoms with van der Waals surface area (Å²) in [6.07, 6.45) is 2.83.